The summed E-state index contributed by atoms with van der Waals surface area (Å²) >= 11 is 0. The lowest BCUT2D eigenvalue weighted by molar-refractivity contribution is 0.267. The summed E-state index contributed by atoms with van der Waals surface area (Å²) < 4.78 is 11.7. The molecule has 0 amide bonds. The Kier molecular flexibility index (Phi) is 5.35. The van der Waals surface area contributed by atoms with Crippen LogP contribution in [-0.2, 0) is 8.23 Å². The van der Waals surface area contributed by atoms with Gasteiger partial charge in [0.15, 0.2) is 18.1 Å². The Hall–Kier alpha value is 0.0106. The Morgan fingerprint density at radius 2 is 1.75 bits per heavy atom. The first-order chi connectivity index (χ1) is 7.44. The van der Waals surface area contributed by atoms with Crippen LogP contribution in [0.1, 0.15) is 12.8 Å². The van der Waals surface area contributed by atoms with E-state index < -0.39 is 26.9 Å². The molecule has 0 unspecified atom stereocenters. The van der Waals surface area contributed by atoms with E-state index in [0.717, 1.165) is 18.0 Å². The van der Waals surface area contributed by atoms with Gasteiger partial charge in [-0.1, -0.05) is 18.2 Å². The molecule has 0 aromatic heterocycles. The fourth-order valence-electron chi connectivity index (χ4n) is 1.68. The summed E-state index contributed by atoms with van der Waals surface area (Å²) in [5.74, 6) is 0. The van der Waals surface area contributed by atoms with Gasteiger partial charge in [0.25, 0.3) is 0 Å². The molecule has 0 saturated heterocycles. The number of hydrogen-bond acceptors (Lipinski definition) is 3. The van der Waals surface area contributed by atoms with E-state index in [9.17, 15) is 4.80 Å². The van der Waals surface area contributed by atoms with E-state index in [0.29, 0.717) is 0 Å². The maximum atomic E-state index is 10.6. The normalized spacial score (nSPS) is 17.1. The quantitative estimate of drug-likeness (QED) is 0.776. The molecule has 0 saturated carbocycles. The summed E-state index contributed by atoms with van der Waals surface area (Å²) in [5.41, 5.74) is 0. The van der Waals surface area contributed by atoms with Crippen LogP contribution in [0.25, 0.3) is 0 Å². The molecule has 1 aliphatic rings. The third kappa shape index (κ3) is 4.11. The van der Waals surface area contributed by atoms with Gasteiger partial charge in [-0.3, -0.25) is 0 Å². The van der Waals surface area contributed by atoms with E-state index in [1.165, 1.54) is 0 Å². The van der Waals surface area contributed by atoms with Crippen molar-refractivity contribution in [3.8, 4) is 0 Å². The van der Waals surface area contributed by atoms with Crippen molar-refractivity contribution in [2.24, 2.45) is 0 Å². The zero-order valence-corrected chi connectivity index (χ0v) is 13.9. The van der Waals surface area contributed by atoms with Crippen molar-refractivity contribution in [1.29, 1.82) is 0 Å². The smallest absolute Gasteiger partial charge is 0.416 e. The third-order valence-corrected chi connectivity index (χ3v) is 9.77. The van der Waals surface area contributed by atoms with Crippen LogP contribution in [0.15, 0.2) is 23.4 Å². The number of allylic oxidation sites excluding steroid dienone is 4. The molecule has 0 heterocycles. The van der Waals surface area contributed by atoms with Crippen molar-refractivity contribution in [2.75, 3.05) is 0 Å². The molecular formula is C10H22O3Si3. The molecule has 1 aliphatic carbocycles. The van der Waals surface area contributed by atoms with Gasteiger partial charge in [-0.15, -0.1) is 0 Å². The Labute approximate surface area is 103 Å². The Morgan fingerprint density at radius 1 is 1.19 bits per heavy atom. The molecule has 6 heteroatoms. The second-order valence-corrected chi connectivity index (χ2v) is 12.5. The highest BCUT2D eigenvalue weighted by Gasteiger charge is 2.42. The molecule has 1 rings (SSSR count). The van der Waals surface area contributed by atoms with E-state index in [1.807, 2.05) is 12.2 Å². The number of rotatable bonds is 5. The molecule has 0 fully saturated rings. The van der Waals surface area contributed by atoms with E-state index in [-0.39, 0.29) is 0 Å². The molecule has 0 radical (unpaired) electrons. The topological polar surface area (TPSA) is 38.7 Å². The maximum Gasteiger partial charge on any atom is 0.508 e. The lowest BCUT2D eigenvalue weighted by Crippen LogP contribution is -2.50. The fourth-order valence-corrected chi connectivity index (χ4v) is 9.50. The summed E-state index contributed by atoms with van der Waals surface area (Å²) in [4.78, 5) is 10.6. The standard InChI is InChI=1S/C10H22O3Si3/c1-14(2)12-16(11,13-15(3)4)10-8-6-5-7-9-10/h5-6,8,11,14-15H,7,9H2,1-4H3. The van der Waals surface area contributed by atoms with Crippen LogP contribution in [0.4, 0.5) is 0 Å². The van der Waals surface area contributed by atoms with Gasteiger partial charge in [0, 0.05) is 0 Å². The van der Waals surface area contributed by atoms with Crippen molar-refractivity contribution in [3.63, 3.8) is 0 Å². The molecule has 1 N–H and O–H groups in total. The summed E-state index contributed by atoms with van der Waals surface area (Å²) in [6.45, 7) is 8.29. The van der Waals surface area contributed by atoms with Gasteiger partial charge in [0.1, 0.15) is 0 Å². The molecule has 3 nitrogen and oxygen atoms in total. The Bertz CT molecular complexity index is 277. The highest BCUT2D eigenvalue weighted by Crippen LogP contribution is 2.24. The first-order valence-corrected chi connectivity index (χ1v) is 13.2. The molecule has 16 heavy (non-hydrogen) atoms. The minimum Gasteiger partial charge on any atom is -0.416 e. The Balaban J connectivity index is 2.84. The third-order valence-electron chi connectivity index (χ3n) is 2.21. The SMILES string of the molecule is C[SiH](C)O[Si](O)(O[SiH](C)C)C1=CC=CCC1. The van der Waals surface area contributed by atoms with Crippen molar-refractivity contribution >= 4 is 26.9 Å². The molecular weight excluding hydrogens is 252 g/mol. The van der Waals surface area contributed by atoms with Crippen molar-refractivity contribution in [2.45, 2.75) is 39.0 Å². The molecule has 92 valence electrons. The van der Waals surface area contributed by atoms with Gasteiger partial charge in [0.05, 0.1) is 0 Å². The number of hydrogen-bond donors (Lipinski definition) is 1. The van der Waals surface area contributed by atoms with Crippen molar-refractivity contribution < 1.29 is 13.0 Å². The van der Waals surface area contributed by atoms with Gasteiger partial charge >= 0.3 is 8.80 Å². The van der Waals surface area contributed by atoms with E-state index in [2.05, 4.69) is 32.3 Å². The lowest BCUT2D eigenvalue weighted by Gasteiger charge is -2.31. The predicted octanol–water partition coefficient (Wildman–Crippen LogP) is 1.73. The van der Waals surface area contributed by atoms with Crippen LogP contribution in [0, 0.1) is 0 Å². The van der Waals surface area contributed by atoms with Crippen molar-refractivity contribution in [3.05, 3.63) is 23.4 Å². The summed E-state index contributed by atoms with van der Waals surface area (Å²) in [6, 6.07) is 0. The zero-order valence-electron chi connectivity index (χ0n) is 10.6. The van der Waals surface area contributed by atoms with E-state index in [4.69, 9.17) is 8.23 Å². The monoisotopic (exact) mass is 274 g/mol. The molecule has 0 aromatic carbocycles. The molecule has 0 aliphatic heterocycles. The minimum atomic E-state index is -3.04. The summed E-state index contributed by atoms with van der Waals surface area (Å²) in [6.07, 6.45) is 7.93. The molecule has 0 bridgehead atoms. The molecule has 0 aromatic rings. The average Bonchev–Trinajstić information content (AvgIpc) is 2.16. The second-order valence-electron chi connectivity index (χ2n) is 4.57. The average molecular weight is 275 g/mol. The largest absolute Gasteiger partial charge is 0.508 e. The van der Waals surface area contributed by atoms with Gasteiger partial charge < -0.3 is 13.0 Å². The van der Waals surface area contributed by atoms with Gasteiger partial charge in [-0.05, 0) is 44.2 Å². The lowest BCUT2D eigenvalue weighted by atomic mass is 10.2. The maximum absolute atomic E-state index is 10.6. The van der Waals surface area contributed by atoms with Crippen LogP contribution in [0.2, 0.25) is 26.2 Å². The predicted molar refractivity (Wildman–Crippen MR) is 74.4 cm³/mol. The highest BCUT2D eigenvalue weighted by atomic mass is 28.5. The van der Waals surface area contributed by atoms with E-state index in [1.54, 1.807) is 0 Å². The minimum absolute atomic E-state index is 0.876. The van der Waals surface area contributed by atoms with Crippen LogP contribution < -0.4 is 0 Å². The van der Waals surface area contributed by atoms with Gasteiger partial charge in [-0.2, -0.15) is 0 Å². The second kappa shape index (κ2) is 6.08. The van der Waals surface area contributed by atoms with Gasteiger partial charge in [-0.25, -0.2) is 0 Å². The van der Waals surface area contributed by atoms with Crippen LogP contribution in [0.5, 0.6) is 0 Å². The van der Waals surface area contributed by atoms with E-state index >= 15 is 0 Å². The summed E-state index contributed by atoms with van der Waals surface area (Å²) in [7, 11) is -5.60. The highest BCUT2D eigenvalue weighted by molar-refractivity contribution is 6.79. The van der Waals surface area contributed by atoms with Crippen molar-refractivity contribution in [1.82, 2.24) is 0 Å². The van der Waals surface area contributed by atoms with Crippen LogP contribution >= 0.6 is 0 Å². The first-order valence-electron chi connectivity index (χ1n) is 5.88. The Morgan fingerprint density at radius 3 is 2.12 bits per heavy atom. The fraction of sp³-hybridized carbons (Fsp3) is 0.600. The molecule has 0 atom stereocenters. The van der Waals surface area contributed by atoms with Gasteiger partial charge in [0.2, 0.25) is 0 Å². The first kappa shape index (κ1) is 14.1. The molecule has 0 spiro atoms. The van der Waals surface area contributed by atoms with Crippen LogP contribution in [-0.4, -0.2) is 31.7 Å². The summed E-state index contributed by atoms with van der Waals surface area (Å²) in [5, 5.41) is 0.998. The zero-order chi connectivity index (χ0) is 12.2. The van der Waals surface area contributed by atoms with Crippen LogP contribution in [0.3, 0.4) is 0 Å².